The molecule has 0 saturated carbocycles. The van der Waals surface area contributed by atoms with Crippen molar-refractivity contribution in [1.29, 1.82) is 0 Å². The zero-order chi connectivity index (χ0) is 11.4. The first kappa shape index (κ1) is 10.9. The van der Waals surface area contributed by atoms with E-state index in [9.17, 15) is 5.11 Å². The van der Waals surface area contributed by atoms with E-state index in [1.54, 1.807) is 4.68 Å². The lowest BCUT2D eigenvalue weighted by molar-refractivity contribution is 0.145. The summed E-state index contributed by atoms with van der Waals surface area (Å²) in [5, 5.41) is 14.0. The number of aliphatic hydroxyl groups excluding tert-OH is 1. The van der Waals surface area contributed by atoms with Gasteiger partial charge < -0.3 is 5.11 Å². The third-order valence-electron chi connectivity index (χ3n) is 2.58. The smallest absolute Gasteiger partial charge is 0.0923 e. The minimum atomic E-state index is -0.316. The summed E-state index contributed by atoms with van der Waals surface area (Å²) in [6.45, 7) is 2.52. The molecule has 1 aromatic heterocycles. The summed E-state index contributed by atoms with van der Waals surface area (Å²) >= 11 is 0. The molecule has 0 saturated heterocycles. The van der Waals surface area contributed by atoms with E-state index < -0.39 is 0 Å². The van der Waals surface area contributed by atoms with Gasteiger partial charge in [0, 0.05) is 11.8 Å². The Balaban J connectivity index is 2.14. The molecule has 1 atom stereocenters. The lowest BCUT2D eigenvalue weighted by Gasteiger charge is -2.06. The summed E-state index contributed by atoms with van der Waals surface area (Å²) in [6, 6.07) is 12.0. The second-order valence-corrected chi connectivity index (χ2v) is 3.85. The van der Waals surface area contributed by atoms with E-state index >= 15 is 0 Å². The van der Waals surface area contributed by atoms with Crippen LogP contribution in [-0.2, 0) is 6.54 Å². The van der Waals surface area contributed by atoms with Crippen molar-refractivity contribution in [2.75, 3.05) is 0 Å². The van der Waals surface area contributed by atoms with Crippen LogP contribution in [0.4, 0.5) is 0 Å². The molecule has 0 radical (unpaired) electrons. The summed E-state index contributed by atoms with van der Waals surface area (Å²) in [6.07, 6.45) is 2.34. The molecule has 0 aliphatic heterocycles. The van der Waals surface area contributed by atoms with Gasteiger partial charge in [-0.15, -0.1) is 0 Å². The Morgan fingerprint density at radius 1 is 1.25 bits per heavy atom. The Hall–Kier alpha value is -1.61. The van der Waals surface area contributed by atoms with Crippen molar-refractivity contribution in [1.82, 2.24) is 9.78 Å². The van der Waals surface area contributed by atoms with Gasteiger partial charge in [-0.1, -0.05) is 37.3 Å². The summed E-state index contributed by atoms with van der Waals surface area (Å²) < 4.78 is 1.79. The molecule has 1 heterocycles. The summed E-state index contributed by atoms with van der Waals surface area (Å²) in [5.41, 5.74) is 2.05. The largest absolute Gasteiger partial charge is 0.391 e. The highest BCUT2D eigenvalue weighted by atomic mass is 16.3. The fourth-order valence-corrected chi connectivity index (χ4v) is 1.57. The Morgan fingerprint density at radius 2 is 2.00 bits per heavy atom. The highest BCUT2D eigenvalue weighted by Gasteiger charge is 2.05. The maximum atomic E-state index is 9.53. The topological polar surface area (TPSA) is 38.0 Å². The molecule has 0 aliphatic carbocycles. The van der Waals surface area contributed by atoms with Gasteiger partial charge in [0.1, 0.15) is 0 Å². The van der Waals surface area contributed by atoms with Gasteiger partial charge in [-0.2, -0.15) is 5.10 Å². The third-order valence-corrected chi connectivity index (χ3v) is 2.58. The predicted octanol–water partition coefficient (Wildman–Crippen LogP) is 2.32. The van der Waals surface area contributed by atoms with E-state index in [4.69, 9.17) is 0 Å². The van der Waals surface area contributed by atoms with Crippen LogP contribution in [0, 0.1) is 0 Å². The van der Waals surface area contributed by atoms with Gasteiger partial charge in [0.2, 0.25) is 0 Å². The average molecular weight is 216 g/mol. The zero-order valence-electron chi connectivity index (χ0n) is 9.37. The van der Waals surface area contributed by atoms with Crippen molar-refractivity contribution in [3.05, 3.63) is 42.6 Å². The second kappa shape index (κ2) is 4.94. The van der Waals surface area contributed by atoms with Crippen LogP contribution in [0.5, 0.6) is 0 Å². The fourth-order valence-electron chi connectivity index (χ4n) is 1.57. The van der Waals surface area contributed by atoms with Crippen molar-refractivity contribution < 1.29 is 5.11 Å². The van der Waals surface area contributed by atoms with Crippen molar-refractivity contribution in [3.63, 3.8) is 0 Å². The normalized spacial score (nSPS) is 12.6. The first-order valence-corrected chi connectivity index (χ1v) is 5.56. The quantitative estimate of drug-likeness (QED) is 0.851. The first-order chi connectivity index (χ1) is 7.79. The van der Waals surface area contributed by atoms with Gasteiger partial charge >= 0.3 is 0 Å². The van der Waals surface area contributed by atoms with Crippen LogP contribution >= 0.6 is 0 Å². The highest BCUT2D eigenvalue weighted by Crippen LogP contribution is 2.15. The molecular weight excluding hydrogens is 200 g/mol. The second-order valence-electron chi connectivity index (χ2n) is 3.85. The lowest BCUT2D eigenvalue weighted by Crippen LogP contribution is -2.14. The lowest BCUT2D eigenvalue weighted by atomic mass is 10.2. The number of rotatable bonds is 4. The van der Waals surface area contributed by atoms with Gasteiger partial charge in [-0.25, -0.2) is 0 Å². The van der Waals surface area contributed by atoms with E-state index in [-0.39, 0.29) is 6.10 Å². The van der Waals surface area contributed by atoms with Crippen molar-refractivity contribution >= 4 is 0 Å². The minimum Gasteiger partial charge on any atom is -0.391 e. The van der Waals surface area contributed by atoms with Gasteiger partial charge in [0.25, 0.3) is 0 Å². The number of hydrogen-bond donors (Lipinski definition) is 1. The Bertz CT molecular complexity index is 436. The SMILES string of the molecule is CC[C@@H](O)Cn1ccc(-c2ccccc2)n1. The summed E-state index contributed by atoms with van der Waals surface area (Å²) in [4.78, 5) is 0. The Kier molecular flexibility index (Phi) is 3.37. The van der Waals surface area contributed by atoms with Crippen LogP contribution in [0.2, 0.25) is 0 Å². The summed E-state index contributed by atoms with van der Waals surface area (Å²) in [7, 11) is 0. The molecule has 3 heteroatoms. The molecule has 2 rings (SSSR count). The molecule has 2 aromatic rings. The first-order valence-electron chi connectivity index (χ1n) is 5.56. The number of aromatic nitrogens is 2. The zero-order valence-corrected chi connectivity index (χ0v) is 9.37. The van der Waals surface area contributed by atoms with Crippen LogP contribution in [0.3, 0.4) is 0 Å². The molecular formula is C13H16N2O. The van der Waals surface area contributed by atoms with Crippen LogP contribution in [0.15, 0.2) is 42.6 Å². The standard InChI is InChI=1S/C13H16N2O/c1-2-12(16)10-15-9-8-13(14-15)11-6-4-3-5-7-11/h3-9,12,16H,2,10H2,1H3/t12-/m1/s1. The predicted molar refractivity (Wildman–Crippen MR) is 64.0 cm³/mol. The minimum absolute atomic E-state index is 0.316. The third kappa shape index (κ3) is 2.49. The van der Waals surface area contributed by atoms with Crippen LogP contribution < -0.4 is 0 Å². The number of benzene rings is 1. The Labute approximate surface area is 95.3 Å². The van der Waals surface area contributed by atoms with Gasteiger partial charge in [0.15, 0.2) is 0 Å². The highest BCUT2D eigenvalue weighted by molar-refractivity contribution is 5.57. The van der Waals surface area contributed by atoms with Crippen LogP contribution in [-0.4, -0.2) is 21.0 Å². The maximum absolute atomic E-state index is 9.53. The van der Waals surface area contributed by atoms with Crippen LogP contribution in [0.25, 0.3) is 11.3 Å². The Morgan fingerprint density at radius 3 is 2.69 bits per heavy atom. The van der Waals surface area contributed by atoms with Crippen molar-refractivity contribution in [3.8, 4) is 11.3 Å². The van der Waals surface area contributed by atoms with E-state index in [2.05, 4.69) is 5.10 Å². The molecule has 16 heavy (non-hydrogen) atoms. The fraction of sp³-hybridized carbons (Fsp3) is 0.308. The van der Waals surface area contributed by atoms with Crippen LogP contribution in [0.1, 0.15) is 13.3 Å². The molecule has 0 aliphatic rings. The maximum Gasteiger partial charge on any atom is 0.0923 e. The average Bonchev–Trinajstić information content (AvgIpc) is 2.78. The number of nitrogens with zero attached hydrogens (tertiary/aromatic N) is 2. The summed E-state index contributed by atoms with van der Waals surface area (Å²) in [5.74, 6) is 0. The van der Waals surface area contributed by atoms with E-state index in [1.165, 1.54) is 0 Å². The monoisotopic (exact) mass is 216 g/mol. The molecule has 0 spiro atoms. The number of aliphatic hydroxyl groups is 1. The molecule has 0 fully saturated rings. The molecule has 1 N–H and O–H groups in total. The molecule has 84 valence electrons. The van der Waals surface area contributed by atoms with E-state index in [0.29, 0.717) is 6.54 Å². The van der Waals surface area contributed by atoms with Gasteiger partial charge in [-0.3, -0.25) is 4.68 Å². The van der Waals surface area contributed by atoms with Crippen molar-refractivity contribution in [2.24, 2.45) is 0 Å². The molecule has 3 nitrogen and oxygen atoms in total. The van der Waals surface area contributed by atoms with E-state index in [1.807, 2.05) is 49.5 Å². The molecule has 1 aromatic carbocycles. The molecule has 0 bridgehead atoms. The van der Waals surface area contributed by atoms with E-state index in [0.717, 1.165) is 17.7 Å². The van der Waals surface area contributed by atoms with Crippen molar-refractivity contribution in [2.45, 2.75) is 26.0 Å². The number of hydrogen-bond acceptors (Lipinski definition) is 2. The van der Waals surface area contributed by atoms with Gasteiger partial charge in [-0.05, 0) is 12.5 Å². The van der Waals surface area contributed by atoms with Gasteiger partial charge in [0.05, 0.1) is 18.3 Å². The molecule has 0 amide bonds. The molecule has 0 unspecified atom stereocenters.